The van der Waals surface area contributed by atoms with Crippen LogP contribution in [0.4, 0.5) is 0 Å². The van der Waals surface area contributed by atoms with Gasteiger partial charge in [0, 0.05) is 10.8 Å². The summed E-state index contributed by atoms with van der Waals surface area (Å²) in [6.07, 6.45) is 10.2. The lowest BCUT2D eigenvalue weighted by molar-refractivity contribution is -0.158. The number of hydrogen-bond donors (Lipinski definition) is 1. The Bertz CT molecular complexity index is 725. The van der Waals surface area contributed by atoms with E-state index in [1.165, 1.54) is 5.57 Å². The fourth-order valence-corrected chi connectivity index (χ4v) is 7.66. The molecule has 3 nitrogen and oxygen atoms in total. The lowest BCUT2D eigenvalue weighted by Gasteiger charge is -2.59. The van der Waals surface area contributed by atoms with Crippen LogP contribution in [0.15, 0.2) is 23.8 Å². The Balaban J connectivity index is 1.73. The number of halogens is 1. The lowest BCUT2D eigenvalue weighted by Crippen LogP contribution is -2.58. The molecule has 4 aliphatic carbocycles. The first-order valence-corrected chi connectivity index (χ1v) is 11.1. The molecule has 4 rings (SSSR count). The molecule has 3 saturated carbocycles. The molecule has 0 aromatic rings. The summed E-state index contributed by atoms with van der Waals surface area (Å²) >= 11 is 3.28. The molecule has 142 valence electrons. The van der Waals surface area contributed by atoms with Crippen LogP contribution in [0.3, 0.4) is 0 Å². The molecule has 26 heavy (non-hydrogen) atoms. The molecule has 3 fully saturated rings. The normalized spacial score (nSPS) is 49.9. The second-order valence-corrected chi connectivity index (χ2v) is 10.1. The van der Waals surface area contributed by atoms with Crippen LogP contribution < -0.4 is 0 Å². The largest absolute Gasteiger partial charge is 0.381 e. The zero-order valence-electron chi connectivity index (χ0n) is 15.9. The van der Waals surface area contributed by atoms with Crippen LogP contribution >= 0.6 is 15.9 Å². The van der Waals surface area contributed by atoms with Crippen LogP contribution in [-0.2, 0) is 9.59 Å². The highest BCUT2D eigenvalue weighted by Crippen LogP contribution is 2.67. The Labute approximate surface area is 164 Å². The van der Waals surface area contributed by atoms with Crippen LogP contribution in [0.1, 0.15) is 52.9 Å². The maximum absolute atomic E-state index is 12.6. The number of alkyl halides is 1. The van der Waals surface area contributed by atoms with E-state index < -0.39 is 5.60 Å². The summed E-state index contributed by atoms with van der Waals surface area (Å²) in [6.45, 7) is 6.69. The SMILES string of the molecule is C[C@H]1C[C@@H]2[C@H](CC[C@@]3(C)[C@H]2CC[C@]3(O)C(=O)CBr)[C@@]2(C)C=CC(=O)C=C12. The molecule has 4 aliphatic rings. The first kappa shape index (κ1) is 18.6. The molecule has 0 amide bonds. The zero-order valence-corrected chi connectivity index (χ0v) is 17.5. The topological polar surface area (TPSA) is 54.4 Å². The van der Waals surface area contributed by atoms with E-state index in [4.69, 9.17) is 0 Å². The summed E-state index contributed by atoms with van der Waals surface area (Å²) in [7, 11) is 0. The molecule has 0 aromatic heterocycles. The van der Waals surface area contributed by atoms with Gasteiger partial charge in [0.1, 0.15) is 5.60 Å². The Morgan fingerprint density at radius 3 is 2.65 bits per heavy atom. The molecule has 0 aromatic carbocycles. The number of aliphatic hydroxyl groups is 1. The molecule has 0 heterocycles. The van der Waals surface area contributed by atoms with E-state index >= 15 is 0 Å². The van der Waals surface area contributed by atoms with E-state index in [1.54, 1.807) is 6.08 Å². The van der Waals surface area contributed by atoms with Gasteiger partial charge in [0.2, 0.25) is 0 Å². The van der Waals surface area contributed by atoms with Gasteiger partial charge in [-0.3, -0.25) is 9.59 Å². The monoisotopic (exact) mass is 420 g/mol. The fourth-order valence-electron chi connectivity index (χ4n) is 7.20. The van der Waals surface area contributed by atoms with Crippen LogP contribution in [-0.4, -0.2) is 27.6 Å². The van der Waals surface area contributed by atoms with E-state index in [0.29, 0.717) is 30.1 Å². The van der Waals surface area contributed by atoms with Gasteiger partial charge in [-0.25, -0.2) is 0 Å². The summed E-state index contributed by atoms with van der Waals surface area (Å²) in [5.41, 5.74) is -0.285. The summed E-state index contributed by atoms with van der Waals surface area (Å²) in [5, 5.41) is 11.6. The van der Waals surface area contributed by atoms with Crippen molar-refractivity contribution in [2.24, 2.45) is 34.5 Å². The van der Waals surface area contributed by atoms with Gasteiger partial charge in [-0.05, 0) is 67.9 Å². The zero-order chi connectivity index (χ0) is 18.9. The predicted molar refractivity (Wildman–Crippen MR) is 105 cm³/mol. The molecular formula is C22H29BrO3. The van der Waals surface area contributed by atoms with Gasteiger partial charge in [-0.1, -0.05) is 48.4 Å². The van der Waals surface area contributed by atoms with Crippen LogP contribution in [0, 0.1) is 34.5 Å². The summed E-state index contributed by atoms with van der Waals surface area (Å²) in [4.78, 5) is 24.5. The number of hydrogen-bond acceptors (Lipinski definition) is 3. The standard InChI is InChI=1S/C22H29BrO3/c1-13-10-15-16(20(2)7-4-14(24)11-18(13)20)5-8-21(3)17(15)6-9-22(21,26)19(25)12-23/h4,7,11,13,15-17,26H,5-6,8-10,12H2,1-3H3/t13-,15+,16-,17-,20+,21-,22-/m0/s1. The second kappa shape index (κ2) is 5.88. The molecule has 0 bridgehead atoms. The molecule has 4 heteroatoms. The van der Waals surface area contributed by atoms with Gasteiger partial charge in [0.15, 0.2) is 11.6 Å². The molecular weight excluding hydrogens is 392 g/mol. The number of carbonyl (C=O) groups excluding carboxylic acids is 2. The molecule has 0 unspecified atom stereocenters. The van der Waals surface area contributed by atoms with Crippen molar-refractivity contribution in [3.8, 4) is 0 Å². The summed E-state index contributed by atoms with van der Waals surface area (Å²) in [6, 6.07) is 0. The molecule has 1 N–H and O–H groups in total. The third-order valence-electron chi connectivity index (χ3n) is 8.61. The van der Waals surface area contributed by atoms with Gasteiger partial charge < -0.3 is 5.11 Å². The minimum Gasteiger partial charge on any atom is -0.381 e. The van der Waals surface area contributed by atoms with E-state index in [1.807, 2.05) is 6.08 Å². The highest BCUT2D eigenvalue weighted by molar-refractivity contribution is 9.09. The van der Waals surface area contributed by atoms with Gasteiger partial charge in [-0.2, -0.15) is 0 Å². The molecule has 7 atom stereocenters. The number of carbonyl (C=O) groups is 2. The molecule has 0 radical (unpaired) electrons. The first-order valence-electron chi connectivity index (χ1n) is 9.94. The number of Topliss-reactive ketones (excluding diaryl/α,β-unsaturated/α-hetero) is 1. The Morgan fingerprint density at radius 2 is 1.96 bits per heavy atom. The van der Waals surface area contributed by atoms with Gasteiger partial charge in [0.25, 0.3) is 0 Å². The molecule has 0 saturated heterocycles. The minimum atomic E-state index is -1.19. The third-order valence-corrected chi connectivity index (χ3v) is 9.12. The van der Waals surface area contributed by atoms with Gasteiger partial charge in [-0.15, -0.1) is 0 Å². The van der Waals surface area contributed by atoms with E-state index in [9.17, 15) is 14.7 Å². The van der Waals surface area contributed by atoms with Crippen molar-refractivity contribution < 1.29 is 14.7 Å². The Hall–Kier alpha value is -0.740. The number of allylic oxidation sites excluding steroid dienone is 4. The van der Waals surface area contributed by atoms with Crippen molar-refractivity contribution in [3.05, 3.63) is 23.8 Å². The first-order chi connectivity index (χ1) is 12.2. The smallest absolute Gasteiger partial charge is 0.178 e. The van der Waals surface area contributed by atoms with Crippen molar-refractivity contribution in [2.45, 2.75) is 58.5 Å². The van der Waals surface area contributed by atoms with Crippen molar-refractivity contribution in [1.29, 1.82) is 0 Å². The van der Waals surface area contributed by atoms with E-state index in [2.05, 4.69) is 42.8 Å². The predicted octanol–water partition coefficient (Wildman–Crippen LogP) is 4.24. The van der Waals surface area contributed by atoms with Crippen molar-refractivity contribution >= 4 is 27.5 Å². The maximum atomic E-state index is 12.6. The summed E-state index contributed by atoms with van der Waals surface area (Å²) < 4.78 is 0. The third kappa shape index (κ3) is 2.21. The van der Waals surface area contributed by atoms with Crippen LogP contribution in [0.2, 0.25) is 0 Å². The number of rotatable bonds is 2. The van der Waals surface area contributed by atoms with Crippen molar-refractivity contribution in [3.63, 3.8) is 0 Å². The van der Waals surface area contributed by atoms with E-state index in [-0.39, 0.29) is 27.7 Å². The second-order valence-electron chi connectivity index (χ2n) is 9.54. The fraction of sp³-hybridized carbons (Fsp3) is 0.727. The molecule has 0 spiro atoms. The molecule has 0 aliphatic heterocycles. The Morgan fingerprint density at radius 1 is 1.27 bits per heavy atom. The number of ketones is 2. The average molecular weight is 421 g/mol. The highest BCUT2D eigenvalue weighted by atomic mass is 79.9. The summed E-state index contributed by atoms with van der Waals surface area (Å²) in [5.74, 6) is 1.80. The van der Waals surface area contributed by atoms with E-state index in [0.717, 1.165) is 25.7 Å². The number of fused-ring (bicyclic) bond motifs is 5. The van der Waals surface area contributed by atoms with Crippen LogP contribution in [0.25, 0.3) is 0 Å². The lowest BCUT2D eigenvalue weighted by atomic mass is 9.45. The van der Waals surface area contributed by atoms with Gasteiger partial charge in [0.05, 0.1) is 5.33 Å². The Kier molecular flexibility index (Phi) is 4.21. The van der Waals surface area contributed by atoms with Crippen molar-refractivity contribution in [2.75, 3.05) is 5.33 Å². The van der Waals surface area contributed by atoms with Crippen molar-refractivity contribution in [1.82, 2.24) is 0 Å². The van der Waals surface area contributed by atoms with Crippen LogP contribution in [0.5, 0.6) is 0 Å². The highest BCUT2D eigenvalue weighted by Gasteiger charge is 2.66. The maximum Gasteiger partial charge on any atom is 0.178 e. The quantitative estimate of drug-likeness (QED) is 0.679. The van der Waals surface area contributed by atoms with Gasteiger partial charge >= 0.3 is 0 Å². The minimum absolute atomic E-state index is 0.0558. The average Bonchev–Trinajstić information content (AvgIpc) is 2.88.